The largest absolute Gasteiger partial charge is 0.493 e. The molecule has 1 aliphatic heterocycles. The third-order valence-corrected chi connectivity index (χ3v) is 6.08. The van der Waals surface area contributed by atoms with Gasteiger partial charge in [-0.3, -0.25) is 4.79 Å². The number of urea groups is 1. The van der Waals surface area contributed by atoms with E-state index >= 15 is 0 Å². The monoisotopic (exact) mass is 477 g/mol. The first-order valence-electron chi connectivity index (χ1n) is 11.4. The first-order valence-corrected chi connectivity index (χ1v) is 11.4. The van der Waals surface area contributed by atoms with Gasteiger partial charge in [0.25, 0.3) is 0 Å². The van der Waals surface area contributed by atoms with Crippen molar-refractivity contribution in [3.63, 3.8) is 0 Å². The van der Waals surface area contributed by atoms with E-state index in [-0.39, 0.29) is 24.6 Å². The number of halogens is 1. The van der Waals surface area contributed by atoms with Gasteiger partial charge >= 0.3 is 6.03 Å². The number of anilines is 1. The zero-order valence-corrected chi connectivity index (χ0v) is 19.7. The molecule has 0 saturated carbocycles. The van der Waals surface area contributed by atoms with Gasteiger partial charge in [-0.2, -0.15) is 0 Å². The molecule has 2 N–H and O–H groups in total. The van der Waals surface area contributed by atoms with E-state index in [1.54, 1.807) is 31.3 Å². The van der Waals surface area contributed by atoms with E-state index in [4.69, 9.17) is 9.47 Å². The first kappa shape index (κ1) is 24.1. The summed E-state index contributed by atoms with van der Waals surface area (Å²) in [5.41, 5.74) is 2.84. The number of methoxy groups -OCH3 is 2. The van der Waals surface area contributed by atoms with E-state index in [2.05, 4.69) is 10.6 Å². The van der Waals surface area contributed by atoms with E-state index in [0.29, 0.717) is 24.5 Å². The van der Waals surface area contributed by atoms with E-state index in [1.807, 2.05) is 42.5 Å². The number of nitrogens with zero attached hydrogens (tertiary/aromatic N) is 1. The van der Waals surface area contributed by atoms with Crippen molar-refractivity contribution in [1.29, 1.82) is 0 Å². The predicted molar refractivity (Wildman–Crippen MR) is 131 cm³/mol. The average Bonchev–Trinajstić information content (AvgIpc) is 2.88. The number of nitrogens with one attached hydrogen (secondary N) is 2. The van der Waals surface area contributed by atoms with Crippen LogP contribution in [0.3, 0.4) is 0 Å². The van der Waals surface area contributed by atoms with E-state index in [0.717, 1.165) is 16.7 Å². The van der Waals surface area contributed by atoms with Crippen LogP contribution in [0.1, 0.15) is 22.7 Å². The van der Waals surface area contributed by atoms with Gasteiger partial charge in [0, 0.05) is 13.1 Å². The van der Waals surface area contributed by atoms with Crippen molar-refractivity contribution in [3.05, 3.63) is 89.2 Å². The Labute approximate surface area is 203 Å². The van der Waals surface area contributed by atoms with Crippen LogP contribution in [0.4, 0.5) is 14.9 Å². The maximum Gasteiger partial charge on any atom is 0.322 e. The number of amides is 3. The highest BCUT2D eigenvalue weighted by atomic mass is 19.1. The second-order valence-electron chi connectivity index (χ2n) is 8.24. The van der Waals surface area contributed by atoms with Crippen molar-refractivity contribution in [3.8, 4) is 11.5 Å². The van der Waals surface area contributed by atoms with Crippen LogP contribution in [0.25, 0.3) is 0 Å². The lowest BCUT2D eigenvalue weighted by atomic mass is 9.91. The minimum Gasteiger partial charge on any atom is -0.493 e. The Morgan fingerprint density at radius 2 is 1.69 bits per heavy atom. The fraction of sp³-hybridized carbons (Fsp3) is 0.259. The molecule has 4 rings (SSSR count). The van der Waals surface area contributed by atoms with Crippen LogP contribution in [0.5, 0.6) is 11.5 Å². The quantitative estimate of drug-likeness (QED) is 0.531. The van der Waals surface area contributed by atoms with Crippen molar-refractivity contribution in [2.75, 3.05) is 32.6 Å². The number of fused-ring (bicyclic) bond motifs is 1. The lowest BCUT2D eigenvalue weighted by molar-refractivity contribution is -0.120. The number of carbonyl (C=O) groups is 2. The number of rotatable bonds is 7. The van der Waals surface area contributed by atoms with Gasteiger partial charge in [0.15, 0.2) is 11.5 Å². The molecule has 0 saturated heterocycles. The van der Waals surface area contributed by atoms with Crippen LogP contribution in [0.15, 0.2) is 66.7 Å². The van der Waals surface area contributed by atoms with Crippen molar-refractivity contribution < 1.29 is 23.5 Å². The third kappa shape index (κ3) is 5.54. The van der Waals surface area contributed by atoms with Crippen LogP contribution in [0, 0.1) is 5.82 Å². The highest BCUT2D eigenvalue weighted by Gasteiger charge is 2.33. The zero-order valence-electron chi connectivity index (χ0n) is 19.7. The minimum absolute atomic E-state index is 0.0995. The highest BCUT2D eigenvalue weighted by Crippen LogP contribution is 2.38. The van der Waals surface area contributed by atoms with Gasteiger partial charge in [-0.1, -0.05) is 42.5 Å². The summed E-state index contributed by atoms with van der Waals surface area (Å²) < 4.78 is 25.1. The Morgan fingerprint density at radius 3 is 2.40 bits per heavy atom. The summed E-state index contributed by atoms with van der Waals surface area (Å²) in [6, 6.07) is 18.3. The summed E-state index contributed by atoms with van der Waals surface area (Å²) in [7, 11) is 3.12. The summed E-state index contributed by atoms with van der Waals surface area (Å²) in [6.07, 6.45) is 0.808. The summed E-state index contributed by atoms with van der Waals surface area (Å²) in [6.45, 7) is 0.584. The Hall–Kier alpha value is -4.07. The standard InChI is InChI=1S/C27H28FN3O4/c1-34-24-15-19-12-13-31(27(33)30-22-11-7-6-10-21(22)28)23(20(19)16-25(24)35-2)17-29-26(32)14-18-8-4-3-5-9-18/h3-11,15-16,23H,12-14,17H2,1-2H3,(H,29,32)(H,30,33)/t23-/m1/s1. The molecule has 3 aromatic rings. The number of carbonyl (C=O) groups excluding carboxylic acids is 2. The molecule has 1 aliphatic rings. The molecule has 3 aromatic carbocycles. The van der Waals surface area contributed by atoms with Crippen LogP contribution in [-0.2, 0) is 17.6 Å². The molecular formula is C27H28FN3O4. The third-order valence-electron chi connectivity index (χ3n) is 6.08. The molecule has 0 bridgehead atoms. The lowest BCUT2D eigenvalue weighted by Gasteiger charge is -2.38. The van der Waals surface area contributed by atoms with E-state index in [9.17, 15) is 14.0 Å². The van der Waals surface area contributed by atoms with Crippen LogP contribution in [-0.4, -0.2) is 44.1 Å². The van der Waals surface area contributed by atoms with Gasteiger partial charge in [0.2, 0.25) is 5.91 Å². The van der Waals surface area contributed by atoms with Crippen LogP contribution in [0.2, 0.25) is 0 Å². The molecule has 35 heavy (non-hydrogen) atoms. The Bertz CT molecular complexity index is 1200. The number of hydrogen-bond donors (Lipinski definition) is 2. The molecule has 0 aliphatic carbocycles. The van der Waals surface area contributed by atoms with Gasteiger partial charge in [-0.05, 0) is 47.4 Å². The molecule has 0 spiro atoms. The molecule has 182 valence electrons. The number of para-hydroxylation sites is 1. The van der Waals surface area contributed by atoms with Crippen LogP contribution >= 0.6 is 0 Å². The predicted octanol–water partition coefficient (Wildman–Crippen LogP) is 4.33. The Kier molecular flexibility index (Phi) is 7.50. The van der Waals surface area contributed by atoms with Gasteiger partial charge in [0.1, 0.15) is 5.82 Å². The molecule has 1 atom stereocenters. The molecule has 3 amide bonds. The molecule has 8 heteroatoms. The van der Waals surface area contributed by atoms with Crippen molar-refractivity contribution >= 4 is 17.6 Å². The lowest BCUT2D eigenvalue weighted by Crippen LogP contribution is -2.47. The zero-order chi connectivity index (χ0) is 24.8. The van der Waals surface area contributed by atoms with Crippen molar-refractivity contribution in [2.24, 2.45) is 0 Å². The van der Waals surface area contributed by atoms with E-state index < -0.39 is 17.9 Å². The van der Waals surface area contributed by atoms with Gasteiger partial charge in [-0.15, -0.1) is 0 Å². The Balaban J connectivity index is 1.59. The Morgan fingerprint density at radius 1 is 1.00 bits per heavy atom. The molecule has 0 radical (unpaired) electrons. The van der Waals surface area contributed by atoms with E-state index in [1.165, 1.54) is 12.1 Å². The van der Waals surface area contributed by atoms with Gasteiger partial charge in [-0.25, -0.2) is 9.18 Å². The molecule has 1 heterocycles. The smallest absolute Gasteiger partial charge is 0.322 e. The number of benzene rings is 3. The second-order valence-corrected chi connectivity index (χ2v) is 8.24. The molecule has 0 fully saturated rings. The summed E-state index contributed by atoms with van der Waals surface area (Å²) in [5, 5.41) is 5.62. The molecule has 0 aromatic heterocycles. The maximum atomic E-state index is 14.2. The van der Waals surface area contributed by atoms with Crippen molar-refractivity contribution in [1.82, 2.24) is 10.2 Å². The number of hydrogen-bond acceptors (Lipinski definition) is 4. The fourth-order valence-electron chi connectivity index (χ4n) is 4.30. The normalized spacial score (nSPS) is 14.6. The number of ether oxygens (including phenoxy) is 2. The first-order chi connectivity index (χ1) is 17.0. The average molecular weight is 478 g/mol. The van der Waals surface area contributed by atoms with Gasteiger partial charge < -0.3 is 25.0 Å². The second kappa shape index (κ2) is 10.9. The minimum atomic E-state index is -0.516. The fourth-order valence-corrected chi connectivity index (χ4v) is 4.30. The summed E-state index contributed by atoms with van der Waals surface area (Å²) >= 11 is 0. The van der Waals surface area contributed by atoms with Crippen LogP contribution < -0.4 is 20.1 Å². The summed E-state index contributed by atoms with van der Waals surface area (Å²) in [4.78, 5) is 27.5. The molecular weight excluding hydrogens is 449 g/mol. The highest BCUT2D eigenvalue weighted by molar-refractivity contribution is 5.90. The maximum absolute atomic E-state index is 14.2. The van der Waals surface area contributed by atoms with Crippen molar-refractivity contribution in [2.45, 2.75) is 18.9 Å². The molecule has 0 unspecified atom stereocenters. The van der Waals surface area contributed by atoms with Gasteiger partial charge in [0.05, 0.1) is 32.4 Å². The molecule has 7 nitrogen and oxygen atoms in total. The SMILES string of the molecule is COc1cc2c(cc1OC)[C@@H](CNC(=O)Cc1ccccc1)N(C(=O)Nc1ccccc1F)CC2. The summed E-state index contributed by atoms with van der Waals surface area (Å²) in [5.74, 6) is 0.459. The topological polar surface area (TPSA) is 79.9 Å².